The standard InChI is InChI=1S/C17H16BrFN2O/c1-2-3-16(12-6-10-15(19)11-7-12)20-21-17(22)13-4-8-14(18)9-5-13/h4-11H,2-3H2,1H3,(H,21,22)/b20-16+. The third-order valence-electron chi connectivity index (χ3n) is 3.06. The van der Waals surface area contributed by atoms with Crippen molar-refractivity contribution in [3.05, 3.63) is 69.9 Å². The highest BCUT2D eigenvalue weighted by molar-refractivity contribution is 9.10. The Hall–Kier alpha value is -2.01. The molecular formula is C17H16BrFN2O. The van der Waals surface area contributed by atoms with Gasteiger partial charge in [-0.1, -0.05) is 41.4 Å². The van der Waals surface area contributed by atoms with Crippen LogP contribution >= 0.6 is 15.9 Å². The minimum atomic E-state index is -0.293. The van der Waals surface area contributed by atoms with E-state index in [9.17, 15) is 9.18 Å². The Morgan fingerprint density at radius 2 is 1.68 bits per heavy atom. The van der Waals surface area contributed by atoms with Gasteiger partial charge in [-0.2, -0.15) is 5.10 Å². The Balaban J connectivity index is 2.14. The molecule has 0 unspecified atom stereocenters. The summed E-state index contributed by atoms with van der Waals surface area (Å²) in [5.41, 5.74) is 4.62. The largest absolute Gasteiger partial charge is 0.271 e. The molecule has 0 saturated heterocycles. The second-order valence-corrected chi connectivity index (χ2v) is 5.68. The zero-order valence-corrected chi connectivity index (χ0v) is 13.7. The van der Waals surface area contributed by atoms with Crippen LogP contribution in [0.1, 0.15) is 35.7 Å². The number of carbonyl (C=O) groups excluding carboxylic acids is 1. The first-order valence-electron chi connectivity index (χ1n) is 6.98. The predicted octanol–water partition coefficient (Wildman–Crippen LogP) is 4.52. The average Bonchev–Trinajstić information content (AvgIpc) is 2.53. The van der Waals surface area contributed by atoms with Crippen LogP contribution in [-0.4, -0.2) is 11.6 Å². The Morgan fingerprint density at radius 3 is 2.27 bits per heavy atom. The van der Waals surface area contributed by atoms with Crippen molar-refractivity contribution < 1.29 is 9.18 Å². The Labute approximate surface area is 137 Å². The molecule has 0 bridgehead atoms. The van der Waals surface area contributed by atoms with Gasteiger partial charge in [-0.3, -0.25) is 4.79 Å². The molecule has 0 heterocycles. The molecule has 1 N–H and O–H groups in total. The smallest absolute Gasteiger partial charge is 0.267 e. The molecule has 0 saturated carbocycles. The van der Waals surface area contributed by atoms with Crippen LogP contribution in [0.2, 0.25) is 0 Å². The fraction of sp³-hybridized carbons (Fsp3) is 0.176. The van der Waals surface area contributed by atoms with Crippen LogP contribution in [-0.2, 0) is 0 Å². The Bertz CT molecular complexity index is 666. The maximum absolute atomic E-state index is 13.0. The van der Waals surface area contributed by atoms with Gasteiger partial charge in [-0.25, -0.2) is 9.82 Å². The maximum atomic E-state index is 13.0. The molecule has 0 aromatic heterocycles. The lowest BCUT2D eigenvalue weighted by Crippen LogP contribution is -2.20. The van der Waals surface area contributed by atoms with E-state index in [2.05, 4.69) is 26.5 Å². The fourth-order valence-corrected chi connectivity index (χ4v) is 2.19. The van der Waals surface area contributed by atoms with E-state index in [1.807, 2.05) is 6.92 Å². The van der Waals surface area contributed by atoms with Crippen molar-refractivity contribution in [2.75, 3.05) is 0 Å². The lowest BCUT2D eigenvalue weighted by atomic mass is 10.1. The lowest BCUT2D eigenvalue weighted by molar-refractivity contribution is 0.0954. The summed E-state index contributed by atoms with van der Waals surface area (Å²) in [6.07, 6.45) is 1.58. The normalized spacial score (nSPS) is 11.3. The summed E-state index contributed by atoms with van der Waals surface area (Å²) in [6, 6.07) is 13.1. The minimum Gasteiger partial charge on any atom is -0.267 e. The van der Waals surface area contributed by atoms with Crippen molar-refractivity contribution in [3.8, 4) is 0 Å². The van der Waals surface area contributed by atoms with Gasteiger partial charge in [0.05, 0.1) is 5.71 Å². The molecule has 0 atom stereocenters. The van der Waals surface area contributed by atoms with Gasteiger partial charge < -0.3 is 0 Å². The van der Waals surface area contributed by atoms with Gasteiger partial charge in [-0.15, -0.1) is 0 Å². The Morgan fingerprint density at radius 1 is 1.09 bits per heavy atom. The molecule has 0 aliphatic rings. The minimum absolute atomic E-state index is 0.275. The van der Waals surface area contributed by atoms with Crippen molar-refractivity contribution in [1.29, 1.82) is 0 Å². The van der Waals surface area contributed by atoms with Crippen LogP contribution in [0, 0.1) is 5.82 Å². The van der Waals surface area contributed by atoms with Crippen LogP contribution in [0.3, 0.4) is 0 Å². The van der Waals surface area contributed by atoms with Crippen LogP contribution in [0.4, 0.5) is 4.39 Å². The zero-order chi connectivity index (χ0) is 15.9. The monoisotopic (exact) mass is 362 g/mol. The van der Waals surface area contributed by atoms with E-state index in [1.54, 1.807) is 36.4 Å². The molecule has 1 amide bonds. The molecule has 0 spiro atoms. The fourth-order valence-electron chi connectivity index (χ4n) is 1.93. The molecule has 2 rings (SSSR count). The number of benzene rings is 2. The van der Waals surface area contributed by atoms with Crippen molar-refractivity contribution in [3.63, 3.8) is 0 Å². The molecule has 2 aromatic carbocycles. The SMILES string of the molecule is CCC/C(=N\NC(=O)c1ccc(Br)cc1)c1ccc(F)cc1. The summed E-state index contributed by atoms with van der Waals surface area (Å²) < 4.78 is 13.9. The summed E-state index contributed by atoms with van der Waals surface area (Å²) in [4.78, 5) is 12.1. The van der Waals surface area contributed by atoms with E-state index in [4.69, 9.17) is 0 Å². The first-order valence-corrected chi connectivity index (χ1v) is 7.78. The van der Waals surface area contributed by atoms with Crippen molar-refractivity contribution in [1.82, 2.24) is 5.43 Å². The van der Waals surface area contributed by atoms with E-state index in [1.165, 1.54) is 12.1 Å². The van der Waals surface area contributed by atoms with Gasteiger partial charge in [-0.05, 0) is 48.4 Å². The topological polar surface area (TPSA) is 41.5 Å². The summed E-state index contributed by atoms with van der Waals surface area (Å²) in [5, 5.41) is 4.20. The van der Waals surface area contributed by atoms with Crippen LogP contribution in [0.15, 0.2) is 58.1 Å². The summed E-state index contributed by atoms with van der Waals surface area (Å²) in [7, 11) is 0. The zero-order valence-electron chi connectivity index (χ0n) is 12.1. The average molecular weight is 363 g/mol. The maximum Gasteiger partial charge on any atom is 0.271 e. The number of hydrogen-bond donors (Lipinski definition) is 1. The van der Waals surface area contributed by atoms with Crippen molar-refractivity contribution >= 4 is 27.5 Å². The second kappa shape index (κ2) is 7.84. The third-order valence-corrected chi connectivity index (χ3v) is 3.59. The van der Waals surface area contributed by atoms with E-state index >= 15 is 0 Å². The molecule has 2 aromatic rings. The van der Waals surface area contributed by atoms with Crippen molar-refractivity contribution in [2.45, 2.75) is 19.8 Å². The molecular weight excluding hydrogens is 347 g/mol. The molecule has 3 nitrogen and oxygen atoms in total. The molecule has 0 aliphatic heterocycles. The lowest BCUT2D eigenvalue weighted by Gasteiger charge is -2.07. The summed E-state index contributed by atoms with van der Waals surface area (Å²) >= 11 is 3.32. The van der Waals surface area contributed by atoms with Crippen LogP contribution < -0.4 is 5.43 Å². The van der Waals surface area contributed by atoms with Gasteiger partial charge in [0.2, 0.25) is 0 Å². The van der Waals surface area contributed by atoms with E-state index in [0.717, 1.165) is 22.2 Å². The first-order chi connectivity index (χ1) is 10.6. The van der Waals surface area contributed by atoms with Gasteiger partial charge in [0.15, 0.2) is 0 Å². The molecule has 5 heteroatoms. The Kier molecular flexibility index (Phi) is 5.83. The number of carbonyl (C=O) groups is 1. The molecule has 0 aliphatic carbocycles. The molecule has 22 heavy (non-hydrogen) atoms. The number of nitrogens with zero attached hydrogens (tertiary/aromatic N) is 1. The third kappa shape index (κ3) is 4.49. The van der Waals surface area contributed by atoms with Gasteiger partial charge in [0, 0.05) is 10.0 Å². The highest BCUT2D eigenvalue weighted by atomic mass is 79.9. The summed E-state index contributed by atoms with van der Waals surface area (Å²) in [5.74, 6) is -0.568. The van der Waals surface area contributed by atoms with E-state index in [0.29, 0.717) is 12.0 Å². The van der Waals surface area contributed by atoms with Crippen LogP contribution in [0.25, 0.3) is 0 Å². The number of nitrogens with one attached hydrogen (secondary N) is 1. The predicted molar refractivity (Wildman–Crippen MR) is 89.5 cm³/mol. The van der Waals surface area contributed by atoms with E-state index < -0.39 is 0 Å². The van der Waals surface area contributed by atoms with Gasteiger partial charge in [0.25, 0.3) is 5.91 Å². The highest BCUT2D eigenvalue weighted by Gasteiger charge is 2.07. The number of rotatable bonds is 5. The van der Waals surface area contributed by atoms with Crippen molar-refractivity contribution in [2.24, 2.45) is 5.10 Å². The van der Waals surface area contributed by atoms with Gasteiger partial charge in [0.1, 0.15) is 5.82 Å². The first kappa shape index (κ1) is 16.4. The summed E-state index contributed by atoms with van der Waals surface area (Å²) in [6.45, 7) is 2.02. The van der Waals surface area contributed by atoms with E-state index in [-0.39, 0.29) is 11.7 Å². The number of amides is 1. The highest BCUT2D eigenvalue weighted by Crippen LogP contribution is 2.11. The van der Waals surface area contributed by atoms with Gasteiger partial charge >= 0.3 is 0 Å². The number of hydrogen-bond acceptors (Lipinski definition) is 2. The second-order valence-electron chi connectivity index (χ2n) is 4.76. The molecule has 114 valence electrons. The molecule has 0 fully saturated rings. The molecule has 0 radical (unpaired) electrons. The quantitative estimate of drug-likeness (QED) is 0.616. The van der Waals surface area contributed by atoms with Crippen LogP contribution in [0.5, 0.6) is 0 Å². The number of hydrazone groups is 1. The number of halogens is 2.